The van der Waals surface area contributed by atoms with E-state index >= 15 is 0 Å². The van der Waals surface area contributed by atoms with E-state index in [9.17, 15) is 4.79 Å². The number of nitrogens with zero attached hydrogens (tertiary/aromatic N) is 1. The number of fused-ring (bicyclic) bond motifs is 1. The molecule has 1 atom stereocenters. The molecule has 146 valence electrons. The molecule has 5 nitrogen and oxygen atoms in total. The van der Waals surface area contributed by atoms with E-state index in [-0.39, 0.29) is 11.9 Å². The number of ether oxygens (including phenoxy) is 2. The molecule has 3 aromatic rings. The lowest BCUT2D eigenvalue weighted by Crippen LogP contribution is -2.43. The molecule has 1 aliphatic rings. The van der Waals surface area contributed by atoms with Gasteiger partial charge in [0, 0.05) is 24.5 Å². The van der Waals surface area contributed by atoms with Gasteiger partial charge in [0.25, 0.3) is 5.91 Å². The van der Waals surface area contributed by atoms with Crippen molar-refractivity contribution in [1.29, 1.82) is 0 Å². The Morgan fingerprint density at radius 2 is 1.93 bits per heavy atom. The summed E-state index contributed by atoms with van der Waals surface area (Å²) in [5, 5.41) is 7.29. The lowest BCUT2D eigenvalue weighted by atomic mass is 10.0. The molecule has 0 bridgehead atoms. The second kappa shape index (κ2) is 8.73. The van der Waals surface area contributed by atoms with Gasteiger partial charge in [-0.1, -0.05) is 30.3 Å². The maximum Gasteiger partial charge on any atom is 0.255 e. The SMILES string of the molecule is COc1cc2ccccc2cc1C(=O)NCC(c1cccs1)N1CCOCC1. The topological polar surface area (TPSA) is 50.8 Å². The third-order valence-corrected chi connectivity index (χ3v) is 6.10. The number of thiophene rings is 1. The molecule has 1 aliphatic heterocycles. The molecule has 1 N–H and O–H groups in total. The predicted octanol–water partition coefficient (Wildman–Crippen LogP) is 3.71. The van der Waals surface area contributed by atoms with Crippen molar-refractivity contribution >= 4 is 28.0 Å². The van der Waals surface area contributed by atoms with Gasteiger partial charge >= 0.3 is 0 Å². The van der Waals surface area contributed by atoms with Crippen LogP contribution in [-0.4, -0.2) is 50.8 Å². The first kappa shape index (κ1) is 18.9. The van der Waals surface area contributed by atoms with Crippen molar-refractivity contribution in [3.8, 4) is 5.75 Å². The van der Waals surface area contributed by atoms with Crippen LogP contribution in [0.25, 0.3) is 10.8 Å². The second-order valence-corrected chi connectivity index (χ2v) is 7.77. The Morgan fingerprint density at radius 3 is 2.61 bits per heavy atom. The largest absolute Gasteiger partial charge is 0.496 e. The van der Waals surface area contributed by atoms with Gasteiger partial charge in [0.2, 0.25) is 0 Å². The molecule has 1 amide bonds. The zero-order valence-electron chi connectivity index (χ0n) is 15.9. The van der Waals surface area contributed by atoms with Crippen molar-refractivity contribution in [3.05, 3.63) is 64.4 Å². The fourth-order valence-corrected chi connectivity index (χ4v) is 4.49. The van der Waals surface area contributed by atoms with Gasteiger partial charge in [-0.25, -0.2) is 0 Å². The smallest absolute Gasteiger partial charge is 0.255 e. The van der Waals surface area contributed by atoms with Crippen molar-refractivity contribution in [2.24, 2.45) is 0 Å². The minimum atomic E-state index is -0.114. The summed E-state index contributed by atoms with van der Waals surface area (Å²) >= 11 is 1.72. The van der Waals surface area contributed by atoms with E-state index in [0.717, 1.165) is 37.1 Å². The number of benzene rings is 2. The van der Waals surface area contributed by atoms with E-state index in [1.54, 1.807) is 18.4 Å². The van der Waals surface area contributed by atoms with E-state index in [1.165, 1.54) is 4.88 Å². The Kier molecular flexibility index (Phi) is 5.90. The molecule has 0 radical (unpaired) electrons. The molecule has 1 unspecified atom stereocenters. The third kappa shape index (κ3) is 4.04. The standard InChI is InChI=1S/C22H24N2O3S/c1-26-20-14-17-6-3-2-5-16(17)13-18(20)22(25)23-15-19(21-7-4-12-28-21)24-8-10-27-11-9-24/h2-7,12-14,19H,8-11,15H2,1H3,(H,23,25). The van der Waals surface area contributed by atoms with Crippen LogP contribution in [0.1, 0.15) is 21.3 Å². The molecular weight excluding hydrogens is 372 g/mol. The van der Waals surface area contributed by atoms with Gasteiger partial charge in [-0.05, 0) is 34.4 Å². The van der Waals surface area contributed by atoms with Crippen LogP contribution in [0, 0.1) is 0 Å². The van der Waals surface area contributed by atoms with Gasteiger partial charge in [-0.15, -0.1) is 11.3 Å². The Bertz CT molecular complexity index is 936. The molecule has 1 fully saturated rings. The molecule has 2 heterocycles. The zero-order chi connectivity index (χ0) is 19.3. The number of carbonyl (C=O) groups excluding carboxylic acids is 1. The van der Waals surface area contributed by atoms with Crippen LogP contribution in [0.3, 0.4) is 0 Å². The molecule has 0 aliphatic carbocycles. The number of rotatable bonds is 6. The normalized spacial score (nSPS) is 16.0. The van der Waals surface area contributed by atoms with Crippen LogP contribution in [0.4, 0.5) is 0 Å². The Labute approximate surface area is 168 Å². The van der Waals surface area contributed by atoms with E-state index in [1.807, 2.05) is 36.4 Å². The number of nitrogens with one attached hydrogen (secondary N) is 1. The van der Waals surface area contributed by atoms with Crippen LogP contribution in [-0.2, 0) is 4.74 Å². The highest BCUT2D eigenvalue weighted by Gasteiger charge is 2.24. The van der Waals surface area contributed by atoms with Crippen LogP contribution in [0.15, 0.2) is 53.9 Å². The van der Waals surface area contributed by atoms with Gasteiger partial charge in [0.05, 0.1) is 31.9 Å². The lowest BCUT2D eigenvalue weighted by Gasteiger charge is -2.34. The number of amides is 1. The highest BCUT2D eigenvalue weighted by Crippen LogP contribution is 2.28. The summed E-state index contributed by atoms with van der Waals surface area (Å²) in [6.45, 7) is 3.76. The summed E-state index contributed by atoms with van der Waals surface area (Å²) in [5.74, 6) is 0.479. The number of hydrogen-bond acceptors (Lipinski definition) is 5. The highest BCUT2D eigenvalue weighted by molar-refractivity contribution is 7.10. The van der Waals surface area contributed by atoms with Crippen LogP contribution >= 0.6 is 11.3 Å². The summed E-state index contributed by atoms with van der Waals surface area (Å²) in [5.41, 5.74) is 0.563. The lowest BCUT2D eigenvalue weighted by molar-refractivity contribution is 0.0169. The van der Waals surface area contributed by atoms with E-state index in [2.05, 4.69) is 27.7 Å². The monoisotopic (exact) mass is 396 g/mol. The zero-order valence-corrected chi connectivity index (χ0v) is 16.7. The van der Waals surface area contributed by atoms with Crippen LogP contribution < -0.4 is 10.1 Å². The summed E-state index contributed by atoms with van der Waals surface area (Å²) in [6, 6.07) is 16.1. The Balaban J connectivity index is 1.54. The molecule has 1 aromatic heterocycles. The molecule has 2 aromatic carbocycles. The van der Waals surface area contributed by atoms with E-state index < -0.39 is 0 Å². The first-order chi connectivity index (χ1) is 13.8. The van der Waals surface area contributed by atoms with Crippen molar-refractivity contribution in [3.63, 3.8) is 0 Å². The predicted molar refractivity (Wildman–Crippen MR) is 112 cm³/mol. The van der Waals surface area contributed by atoms with Crippen LogP contribution in [0.5, 0.6) is 5.75 Å². The highest BCUT2D eigenvalue weighted by atomic mass is 32.1. The number of methoxy groups -OCH3 is 1. The number of carbonyl (C=O) groups is 1. The van der Waals surface area contributed by atoms with Gasteiger partial charge < -0.3 is 14.8 Å². The molecule has 0 saturated carbocycles. The van der Waals surface area contributed by atoms with E-state index in [4.69, 9.17) is 9.47 Å². The molecule has 0 spiro atoms. The number of hydrogen-bond donors (Lipinski definition) is 1. The minimum absolute atomic E-state index is 0.114. The fourth-order valence-electron chi connectivity index (χ4n) is 3.63. The van der Waals surface area contributed by atoms with Crippen molar-refractivity contribution in [1.82, 2.24) is 10.2 Å². The van der Waals surface area contributed by atoms with Crippen molar-refractivity contribution in [2.45, 2.75) is 6.04 Å². The molecule has 6 heteroatoms. The summed E-state index contributed by atoms with van der Waals surface area (Å²) in [4.78, 5) is 16.6. The van der Waals surface area contributed by atoms with E-state index in [0.29, 0.717) is 17.9 Å². The van der Waals surface area contributed by atoms with Gasteiger partial charge in [0.15, 0.2) is 0 Å². The maximum atomic E-state index is 13.0. The Hall–Kier alpha value is -2.41. The average Bonchev–Trinajstić information content (AvgIpc) is 3.28. The summed E-state index contributed by atoms with van der Waals surface area (Å²) < 4.78 is 11.0. The first-order valence-corrected chi connectivity index (χ1v) is 10.3. The van der Waals surface area contributed by atoms with Crippen LogP contribution in [0.2, 0.25) is 0 Å². The molecule has 1 saturated heterocycles. The summed E-state index contributed by atoms with van der Waals surface area (Å²) in [7, 11) is 1.60. The molecule has 4 rings (SSSR count). The van der Waals surface area contributed by atoms with Gasteiger partial charge in [-0.3, -0.25) is 9.69 Å². The van der Waals surface area contributed by atoms with Crippen molar-refractivity contribution < 1.29 is 14.3 Å². The van der Waals surface area contributed by atoms with Crippen molar-refractivity contribution in [2.75, 3.05) is 40.0 Å². The number of morpholine rings is 1. The summed E-state index contributed by atoms with van der Waals surface area (Å²) in [6.07, 6.45) is 0. The first-order valence-electron chi connectivity index (χ1n) is 9.46. The minimum Gasteiger partial charge on any atom is -0.496 e. The third-order valence-electron chi connectivity index (χ3n) is 5.13. The Morgan fingerprint density at radius 1 is 1.18 bits per heavy atom. The molecular formula is C22H24N2O3S. The van der Waals surface area contributed by atoms with Gasteiger partial charge in [0.1, 0.15) is 5.75 Å². The molecule has 28 heavy (non-hydrogen) atoms. The quantitative estimate of drug-likeness (QED) is 0.690. The maximum absolute atomic E-state index is 13.0. The fraction of sp³-hybridized carbons (Fsp3) is 0.318. The van der Waals surface area contributed by atoms with Gasteiger partial charge in [-0.2, -0.15) is 0 Å². The second-order valence-electron chi connectivity index (χ2n) is 6.79. The average molecular weight is 397 g/mol.